The number of hydrogen-bond donors (Lipinski definition) is 0. The smallest absolute Gasteiger partial charge is 0.151 e. The molecule has 1 unspecified atom stereocenters. The lowest BCUT2D eigenvalue weighted by Gasteiger charge is -2.31. The first-order chi connectivity index (χ1) is 9.26. The van der Waals surface area contributed by atoms with E-state index in [0.717, 1.165) is 24.0 Å². The Balaban J connectivity index is 1.82. The van der Waals surface area contributed by atoms with Gasteiger partial charge in [0.15, 0.2) is 6.29 Å². The predicted molar refractivity (Wildman–Crippen MR) is 74.6 cm³/mol. The van der Waals surface area contributed by atoms with E-state index in [9.17, 15) is 4.79 Å². The summed E-state index contributed by atoms with van der Waals surface area (Å²) >= 11 is 0. The van der Waals surface area contributed by atoms with E-state index in [1.807, 2.05) is 28.9 Å². The summed E-state index contributed by atoms with van der Waals surface area (Å²) in [6.45, 7) is 1.19. The van der Waals surface area contributed by atoms with Gasteiger partial charge in [-0.2, -0.15) is 0 Å². The number of rotatable bonds is 3. The third kappa shape index (κ3) is 2.54. The van der Waals surface area contributed by atoms with Gasteiger partial charge in [0.2, 0.25) is 0 Å². The average Bonchev–Trinajstić information content (AvgIpc) is 2.82. The molecule has 1 aliphatic heterocycles. The molecule has 0 aromatic carbocycles. The molecule has 0 amide bonds. The van der Waals surface area contributed by atoms with Crippen molar-refractivity contribution >= 4 is 11.9 Å². The number of nitrogens with zero attached hydrogens (tertiary/aromatic N) is 3. The van der Waals surface area contributed by atoms with Crippen molar-refractivity contribution in [2.45, 2.75) is 31.7 Å². The van der Waals surface area contributed by atoms with Crippen LogP contribution in [0.15, 0.2) is 24.5 Å². The molecule has 0 spiro atoms. The molecule has 1 saturated heterocycles. The second kappa shape index (κ2) is 5.13. The van der Waals surface area contributed by atoms with E-state index in [0.29, 0.717) is 11.6 Å². The third-order valence-electron chi connectivity index (χ3n) is 4.03. The minimum absolute atomic E-state index is 0.601. The summed E-state index contributed by atoms with van der Waals surface area (Å²) in [6.07, 6.45) is 9.62. The molecular weight excluding hydrogens is 238 g/mol. The van der Waals surface area contributed by atoms with Crippen LogP contribution >= 0.6 is 0 Å². The summed E-state index contributed by atoms with van der Waals surface area (Å²) in [7, 11) is 2.20. The molecule has 100 valence electrons. The van der Waals surface area contributed by atoms with Crippen LogP contribution in [0.5, 0.6) is 0 Å². The van der Waals surface area contributed by atoms with Gasteiger partial charge in [-0.25, -0.2) is 4.98 Å². The second-order valence-corrected chi connectivity index (χ2v) is 5.41. The molecule has 2 aromatic rings. The Morgan fingerprint density at radius 1 is 1.37 bits per heavy atom. The van der Waals surface area contributed by atoms with Crippen molar-refractivity contribution in [1.29, 1.82) is 0 Å². The Kier molecular flexibility index (Phi) is 3.34. The van der Waals surface area contributed by atoms with Gasteiger partial charge in [-0.3, -0.25) is 4.79 Å². The van der Waals surface area contributed by atoms with E-state index < -0.39 is 0 Å². The first-order valence-electron chi connectivity index (χ1n) is 6.89. The normalized spacial score (nSPS) is 20.8. The number of carbonyl (C=O) groups excluding carboxylic acids is 1. The van der Waals surface area contributed by atoms with Crippen molar-refractivity contribution < 1.29 is 4.79 Å². The van der Waals surface area contributed by atoms with Crippen LogP contribution in [0.25, 0.3) is 5.65 Å². The fraction of sp³-hybridized carbons (Fsp3) is 0.467. The summed E-state index contributed by atoms with van der Waals surface area (Å²) in [6, 6.07) is 4.31. The summed E-state index contributed by atoms with van der Waals surface area (Å²) < 4.78 is 1.95. The Morgan fingerprint density at radius 2 is 2.26 bits per heavy atom. The molecule has 4 nitrogen and oxygen atoms in total. The zero-order valence-corrected chi connectivity index (χ0v) is 11.2. The van der Waals surface area contributed by atoms with Gasteiger partial charge in [-0.05, 0) is 38.6 Å². The maximum atomic E-state index is 10.8. The Morgan fingerprint density at radius 3 is 3.05 bits per heavy atom. The first kappa shape index (κ1) is 12.4. The average molecular weight is 257 g/mol. The topological polar surface area (TPSA) is 37.6 Å². The Hall–Kier alpha value is -1.68. The van der Waals surface area contributed by atoms with Crippen molar-refractivity contribution in [3.63, 3.8) is 0 Å². The number of hydrogen-bond acceptors (Lipinski definition) is 3. The highest BCUT2D eigenvalue weighted by Crippen LogP contribution is 2.19. The number of pyridine rings is 1. The molecule has 1 aliphatic rings. The number of piperidine rings is 1. The molecule has 0 N–H and O–H groups in total. The molecular formula is C15H19N3O. The molecule has 0 aliphatic carbocycles. The maximum Gasteiger partial charge on any atom is 0.151 e. The van der Waals surface area contributed by atoms with Gasteiger partial charge in [-0.1, -0.05) is 6.42 Å². The van der Waals surface area contributed by atoms with E-state index in [1.165, 1.54) is 25.8 Å². The Labute approximate surface area is 113 Å². The predicted octanol–water partition coefficient (Wildman–Crippen LogP) is 2.17. The van der Waals surface area contributed by atoms with Gasteiger partial charge in [0, 0.05) is 30.4 Å². The maximum absolute atomic E-state index is 10.8. The molecule has 1 atom stereocenters. The lowest BCUT2D eigenvalue weighted by Crippen LogP contribution is -2.37. The van der Waals surface area contributed by atoms with E-state index >= 15 is 0 Å². The van der Waals surface area contributed by atoms with Crippen LogP contribution in [0.4, 0.5) is 0 Å². The van der Waals surface area contributed by atoms with Crippen LogP contribution in [0, 0.1) is 0 Å². The highest BCUT2D eigenvalue weighted by atomic mass is 16.1. The summed E-state index contributed by atoms with van der Waals surface area (Å²) in [5, 5.41) is 0. The SMILES string of the molecule is CN1CCCCC1Cc1cn2cc(C=O)ccc2n1. The summed E-state index contributed by atoms with van der Waals surface area (Å²) in [5.41, 5.74) is 2.71. The van der Waals surface area contributed by atoms with E-state index in [-0.39, 0.29) is 0 Å². The number of aromatic nitrogens is 2. The lowest BCUT2D eigenvalue weighted by atomic mass is 9.99. The molecule has 1 fully saturated rings. The number of imidazole rings is 1. The molecule has 0 radical (unpaired) electrons. The second-order valence-electron chi connectivity index (χ2n) is 5.41. The molecule has 19 heavy (non-hydrogen) atoms. The third-order valence-corrected chi connectivity index (χ3v) is 4.03. The number of aldehydes is 1. The van der Waals surface area contributed by atoms with E-state index in [4.69, 9.17) is 0 Å². The molecule has 3 heterocycles. The number of carbonyl (C=O) groups is 1. The highest BCUT2D eigenvalue weighted by molar-refractivity contribution is 5.74. The van der Waals surface area contributed by atoms with Crippen LogP contribution in [-0.4, -0.2) is 40.2 Å². The number of likely N-dealkylation sites (N-methyl/N-ethyl adjacent to an activating group) is 1. The van der Waals surface area contributed by atoms with Gasteiger partial charge in [0.1, 0.15) is 5.65 Å². The number of fused-ring (bicyclic) bond motifs is 1. The van der Waals surface area contributed by atoms with Crippen LogP contribution in [-0.2, 0) is 6.42 Å². The molecule has 4 heteroatoms. The van der Waals surface area contributed by atoms with Gasteiger partial charge in [-0.15, -0.1) is 0 Å². The zero-order chi connectivity index (χ0) is 13.2. The van der Waals surface area contributed by atoms with E-state index in [2.05, 4.69) is 16.9 Å². The van der Waals surface area contributed by atoms with Crippen molar-refractivity contribution in [3.05, 3.63) is 35.8 Å². The largest absolute Gasteiger partial charge is 0.306 e. The van der Waals surface area contributed by atoms with E-state index in [1.54, 1.807) is 0 Å². The van der Waals surface area contributed by atoms with Crippen molar-refractivity contribution in [3.8, 4) is 0 Å². The Bertz CT molecular complexity index is 590. The minimum atomic E-state index is 0.601. The van der Waals surface area contributed by atoms with Crippen LogP contribution in [0.3, 0.4) is 0 Å². The molecule has 2 aromatic heterocycles. The fourth-order valence-corrected chi connectivity index (χ4v) is 2.87. The van der Waals surface area contributed by atoms with Crippen LogP contribution in [0.1, 0.15) is 35.3 Å². The van der Waals surface area contributed by atoms with Crippen molar-refractivity contribution in [1.82, 2.24) is 14.3 Å². The first-order valence-corrected chi connectivity index (χ1v) is 6.89. The van der Waals surface area contributed by atoms with Crippen molar-refractivity contribution in [2.75, 3.05) is 13.6 Å². The molecule has 0 bridgehead atoms. The standard InChI is InChI=1S/C15H19N3O/c1-17-7-3-2-4-14(17)8-13-10-18-9-12(11-19)5-6-15(18)16-13/h5-6,9-11,14H,2-4,7-8H2,1H3. The highest BCUT2D eigenvalue weighted by Gasteiger charge is 2.20. The van der Waals surface area contributed by atoms with Crippen molar-refractivity contribution in [2.24, 2.45) is 0 Å². The minimum Gasteiger partial charge on any atom is -0.306 e. The van der Waals surface area contributed by atoms with Crippen LogP contribution in [0.2, 0.25) is 0 Å². The monoisotopic (exact) mass is 257 g/mol. The van der Waals surface area contributed by atoms with Gasteiger partial charge >= 0.3 is 0 Å². The van der Waals surface area contributed by atoms with Gasteiger partial charge in [0.25, 0.3) is 0 Å². The number of likely N-dealkylation sites (tertiary alicyclic amines) is 1. The molecule has 0 saturated carbocycles. The van der Waals surface area contributed by atoms with Gasteiger partial charge in [0.05, 0.1) is 5.69 Å². The fourth-order valence-electron chi connectivity index (χ4n) is 2.87. The molecule has 3 rings (SSSR count). The summed E-state index contributed by atoms with van der Waals surface area (Å²) in [4.78, 5) is 17.8. The zero-order valence-electron chi connectivity index (χ0n) is 11.2. The lowest BCUT2D eigenvalue weighted by molar-refractivity contribution is 0.112. The quantitative estimate of drug-likeness (QED) is 0.791. The summed E-state index contributed by atoms with van der Waals surface area (Å²) in [5.74, 6) is 0. The van der Waals surface area contributed by atoms with Gasteiger partial charge < -0.3 is 9.30 Å². The van der Waals surface area contributed by atoms with Crippen LogP contribution < -0.4 is 0 Å².